The molecule has 1 fully saturated rings. The lowest BCUT2D eigenvalue weighted by atomic mass is 9.62. The highest BCUT2D eigenvalue weighted by Gasteiger charge is 2.54. The molecule has 0 aromatic rings. The van der Waals surface area contributed by atoms with Crippen LogP contribution in [0.25, 0.3) is 0 Å². The molecule has 122 valence electrons. The van der Waals surface area contributed by atoms with Crippen LogP contribution in [-0.4, -0.2) is 22.5 Å². The predicted molar refractivity (Wildman–Crippen MR) is 83.4 cm³/mol. The first kappa shape index (κ1) is 16.9. The number of allylic oxidation sites excluding steroid dienone is 2. The van der Waals surface area contributed by atoms with Gasteiger partial charge in [0.05, 0.1) is 10.8 Å². The molecule has 22 heavy (non-hydrogen) atoms. The van der Waals surface area contributed by atoms with Crippen molar-refractivity contribution in [3.8, 4) is 0 Å². The highest BCUT2D eigenvalue weighted by atomic mass is 16.3. The fraction of sp³-hybridized carbons (Fsp3) is 0.722. The van der Waals surface area contributed by atoms with E-state index in [0.29, 0.717) is 12.3 Å². The van der Waals surface area contributed by atoms with E-state index in [0.717, 1.165) is 25.7 Å². The number of rotatable bonds is 3. The zero-order chi connectivity index (χ0) is 16.7. The third kappa shape index (κ3) is 2.64. The summed E-state index contributed by atoms with van der Waals surface area (Å²) in [4.78, 5) is 37.6. The van der Waals surface area contributed by atoms with Crippen molar-refractivity contribution in [3.63, 3.8) is 0 Å². The van der Waals surface area contributed by atoms with Crippen LogP contribution in [0.3, 0.4) is 0 Å². The molecule has 0 heterocycles. The van der Waals surface area contributed by atoms with E-state index in [-0.39, 0.29) is 22.9 Å². The van der Waals surface area contributed by atoms with Gasteiger partial charge in [0, 0.05) is 6.42 Å². The summed E-state index contributed by atoms with van der Waals surface area (Å²) in [5.41, 5.74) is -2.58. The van der Waals surface area contributed by atoms with E-state index in [1.165, 1.54) is 6.42 Å². The Morgan fingerprint density at radius 1 is 1.05 bits per heavy atom. The second-order valence-corrected chi connectivity index (χ2v) is 7.76. The molecule has 4 nitrogen and oxygen atoms in total. The van der Waals surface area contributed by atoms with Gasteiger partial charge in [0.2, 0.25) is 0 Å². The number of ketones is 3. The summed E-state index contributed by atoms with van der Waals surface area (Å²) in [5, 5.41) is 10.4. The lowest BCUT2D eigenvalue weighted by Crippen LogP contribution is -2.50. The summed E-state index contributed by atoms with van der Waals surface area (Å²) in [5.74, 6) is -1.23. The molecule has 1 saturated carbocycles. The molecule has 0 bridgehead atoms. The van der Waals surface area contributed by atoms with Gasteiger partial charge in [-0.15, -0.1) is 0 Å². The molecule has 0 saturated heterocycles. The lowest BCUT2D eigenvalue weighted by molar-refractivity contribution is -0.145. The van der Waals surface area contributed by atoms with Crippen LogP contribution in [0.2, 0.25) is 0 Å². The normalized spacial score (nSPS) is 25.5. The standard InChI is InChI=1S/C18H26O4/c1-17(2)14(20)13(15(21)18(3,4)16(17)22)12(19)10-11-8-6-5-7-9-11/h11,20H,5-10H2,1-4H3. The van der Waals surface area contributed by atoms with Crippen LogP contribution in [0.1, 0.15) is 66.2 Å². The van der Waals surface area contributed by atoms with E-state index in [2.05, 4.69) is 0 Å². The Kier molecular flexibility index (Phi) is 4.33. The van der Waals surface area contributed by atoms with Gasteiger partial charge >= 0.3 is 0 Å². The Balaban J connectivity index is 2.34. The van der Waals surface area contributed by atoms with Crippen LogP contribution in [0, 0.1) is 16.7 Å². The molecule has 4 heteroatoms. The molecular formula is C18H26O4. The van der Waals surface area contributed by atoms with Crippen molar-refractivity contribution in [1.82, 2.24) is 0 Å². The minimum Gasteiger partial charge on any atom is -0.510 e. The second kappa shape index (κ2) is 5.64. The average molecular weight is 306 g/mol. The molecule has 2 aliphatic rings. The topological polar surface area (TPSA) is 71.4 Å². The Bertz CT molecular complexity index is 545. The van der Waals surface area contributed by atoms with Crippen molar-refractivity contribution in [1.29, 1.82) is 0 Å². The molecule has 0 atom stereocenters. The van der Waals surface area contributed by atoms with Gasteiger partial charge in [0.25, 0.3) is 0 Å². The van der Waals surface area contributed by atoms with Crippen molar-refractivity contribution in [2.75, 3.05) is 0 Å². The maximum absolute atomic E-state index is 12.6. The summed E-state index contributed by atoms with van der Waals surface area (Å²) in [6, 6.07) is 0. The number of hydrogen-bond donors (Lipinski definition) is 1. The average Bonchev–Trinajstić information content (AvgIpc) is 2.46. The fourth-order valence-electron chi connectivity index (χ4n) is 3.74. The van der Waals surface area contributed by atoms with E-state index < -0.39 is 16.6 Å². The van der Waals surface area contributed by atoms with Crippen molar-refractivity contribution >= 4 is 17.3 Å². The Morgan fingerprint density at radius 3 is 2.14 bits per heavy atom. The minimum atomic E-state index is -1.26. The van der Waals surface area contributed by atoms with Crippen LogP contribution in [0.15, 0.2) is 11.3 Å². The molecule has 2 aliphatic carbocycles. The van der Waals surface area contributed by atoms with E-state index in [1.807, 2.05) is 0 Å². The first-order chi connectivity index (χ1) is 10.1. The van der Waals surface area contributed by atoms with Crippen molar-refractivity contribution in [2.24, 2.45) is 16.7 Å². The van der Waals surface area contributed by atoms with Crippen molar-refractivity contribution in [3.05, 3.63) is 11.3 Å². The summed E-state index contributed by atoms with van der Waals surface area (Å²) in [6.07, 6.45) is 5.73. The third-order valence-electron chi connectivity index (χ3n) is 5.24. The van der Waals surface area contributed by atoms with Crippen LogP contribution in [-0.2, 0) is 14.4 Å². The number of aliphatic hydroxyl groups is 1. The van der Waals surface area contributed by atoms with Gasteiger partial charge in [-0.25, -0.2) is 0 Å². The molecule has 2 rings (SSSR count). The highest BCUT2D eigenvalue weighted by molar-refractivity contribution is 6.30. The van der Waals surface area contributed by atoms with Crippen molar-refractivity contribution < 1.29 is 19.5 Å². The number of carbonyl (C=O) groups is 3. The largest absolute Gasteiger partial charge is 0.510 e. The number of hydrogen-bond acceptors (Lipinski definition) is 4. The summed E-state index contributed by atoms with van der Waals surface area (Å²) in [6.45, 7) is 6.24. The maximum Gasteiger partial charge on any atom is 0.182 e. The Hall–Kier alpha value is -1.45. The van der Waals surface area contributed by atoms with Gasteiger partial charge in [0.1, 0.15) is 11.3 Å². The highest BCUT2D eigenvalue weighted by Crippen LogP contribution is 2.44. The van der Waals surface area contributed by atoms with E-state index in [4.69, 9.17) is 0 Å². The summed E-state index contributed by atoms with van der Waals surface area (Å²) >= 11 is 0. The summed E-state index contributed by atoms with van der Waals surface area (Å²) < 4.78 is 0. The third-order valence-corrected chi connectivity index (χ3v) is 5.24. The Labute approximate surface area is 132 Å². The maximum atomic E-state index is 12.6. The SMILES string of the molecule is CC1(C)C(=O)C(C(=O)CC2CCCCC2)=C(O)C(C)(C)C1=O. The second-order valence-electron chi connectivity index (χ2n) is 7.76. The molecule has 0 radical (unpaired) electrons. The van der Waals surface area contributed by atoms with Gasteiger partial charge in [-0.05, 0) is 33.6 Å². The van der Waals surface area contributed by atoms with Gasteiger partial charge in [-0.3, -0.25) is 14.4 Å². The first-order valence-electron chi connectivity index (χ1n) is 8.16. The van der Waals surface area contributed by atoms with Crippen LogP contribution >= 0.6 is 0 Å². The molecule has 0 aliphatic heterocycles. The van der Waals surface area contributed by atoms with Crippen LogP contribution in [0.5, 0.6) is 0 Å². The molecule has 0 spiro atoms. The van der Waals surface area contributed by atoms with Crippen molar-refractivity contribution in [2.45, 2.75) is 66.2 Å². The molecule has 0 aromatic heterocycles. The quantitative estimate of drug-likeness (QED) is 0.639. The fourth-order valence-corrected chi connectivity index (χ4v) is 3.74. The minimum absolute atomic E-state index is 0.139. The monoisotopic (exact) mass is 306 g/mol. The molecule has 0 unspecified atom stereocenters. The summed E-state index contributed by atoms with van der Waals surface area (Å²) in [7, 11) is 0. The van der Waals surface area contributed by atoms with Crippen LogP contribution < -0.4 is 0 Å². The zero-order valence-electron chi connectivity index (χ0n) is 14.0. The number of carbonyl (C=O) groups excluding carboxylic acids is 3. The van der Waals surface area contributed by atoms with E-state index >= 15 is 0 Å². The van der Waals surface area contributed by atoms with Gasteiger partial charge < -0.3 is 5.11 Å². The first-order valence-corrected chi connectivity index (χ1v) is 8.16. The molecule has 0 aromatic carbocycles. The smallest absolute Gasteiger partial charge is 0.182 e. The molecular weight excluding hydrogens is 280 g/mol. The van der Waals surface area contributed by atoms with E-state index in [1.54, 1.807) is 27.7 Å². The number of Topliss-reactive ketones (excluding diaryl/α,β-unsaturated/α-hetero) is 3. The van der Waals surface area contributed by atoms with Gasteiger partial charge in [-0.2, -0.15) is 0 Å². The molecule has 1 N–H and O–H groups in total. The van der Waals surface area contributed by atoms with Crippen LogP contribution in [0.4, 0.5) is 0 Å². The molecule has 0 amide bonds. The van der Waals surface area contributed by atoms with Gasteiger partial charge in [-0.1, -0.05) is 32.1 Å². The Morgan fingerprint density at radius 2 is 1.59 bits per heavy atom. The lowest BCUT2D eigenvalue weighted by Gasteiger charge is -2.38. The number of aliphatic hydroxyl groups excluding tert-OH is 1. The predicted octanol–water partition coefficient (Wildman–Crippen LogP) is 3.54. The van der Waals surface area contributed by atoms with Gasteiger partial charge in [0.15, 0.2) is 17.3 Å². The van der Waals surface area contributed by atoms with E-state index in [9.17, 15) is 19.5 Å². The zero-order valence-corrected chi connectivity index (χ0v) is 14.0.